The average Bonchev–Trinajstić information content (AvgIpc) is 3.50. The molecule has 2 aromatic rings. The zero-order valence-corrected chi connectivity index (χ0v) is 15.9. The fourth-order valence-electron chi connectivity index (χ4n) is 2.77. The summed E-state index contributed by atoms with van der Waals surface area (Å²) in [6.07, 6.45) is -3.14. The molecule has 1 aliphatic rings. The second-order valence-corrected chi connectivity index (χ2v) is 8.50. The van der Waals surface area contributed by atoms with E-state index in [9.17, 15) is 30.8 Å². The lowest BCUT2D eigenvalue weighted by molar-refractivity contribution is -0.137. The quantitative estimate of drug-likeness (QED) is 0.686. The van der Waals surface area contributed by atoms with E-state index < -0.39 is 44.9 Å². The van der Waals surface area contributed by atoms with Gasteiger partial charge in [-0.05, 0) is 48.7 Å². The Morgan fingerprint density at radius 3 is 2.34 bits per heavy atom. The number of nitrogens with zero attached hydrogens (tertiary/aromatic N) is 1. The highest BCUT2D eigenvalue weighted by molar-refractivity contribution is 7.89. The van der Waals surface area contributed by atoms with Crippen molar-refractivity contribution in [2.45, 2.75) is 36.5 Å². The van der Waals surface area contributed by atoms with Crippen molar-refractivity contribution in [3.63, 3.8) is 0 Å². The second-order valence-electron chi connectivity index (χ2n) is 6.73. The van der Waals surface area contributed by atoms with Crippen molar-refractivity contribution in [1.82, 2.24) is 9.62 Å². The van der Waals surface area contributed by atoms with Crippen LogP contribution in [0, 0.1) is 5.82 Å². The molecule has 0 unspecified atom stereocenters. The zero-order valence-electron chi connectivity index (χ0n) is 15.1. The van der Waals surface area contributed by atoms with Crippen LogP contribution in [0.25, 0.3) is 0 Å². The highest BCUT2D eigenvalue weighted by Gasteiger charge is 2.34. The van der Waals surface area contributed by atoms with Crippen molar-refractivity contribution < 1.29 is 30.8 Å². The average molecular weight is 430 g/mol. The van der Waals surface area contributed by atoms with E-state index in [2.05, 4.69) is 4.72 Å². The van der Waals surface area contributed by atoms with Crippen LogP contribution in [-0.2, 0) is 27.5 Å². The number of hydrogen-bond donors (Lipinski definition) is 1. The van der Waals surface area contributed by atoms with E-state index in [1.165, 1.54) is 29.2 Å². The van der Waals surface area contributed by atoms with Crippen LogP contribution in [0.2, 0.25) is 0 Å². The molecule has 0 atom stereocenters. The van der Waals surface area contributed by atoms with Gasteiger partial charge in [-0.15, -0.1) is 0 Å². The molecule has 10 heteroatoms. The third-order valence-corrected chi connectivity index (χ3v) is 5.86. The maximum absolute atomic E-state index is 13.0. The van der Waals surface area contributed by atoms with Crippen LogP contribution in [0.15, 0.2) is 53.4 Å². The number of benzene rings is 2. The van der Waals surface area contributed by atoms with Gasteiger partial charge in [0.15, 0.2) is 0 Å². The van der Waals surface area contributed by atoms with E-state index in [0.29, 0.717) is 11.6 Å². The molecule has 5 nitrogen and oxygen atoms in total. The van der Waals surface area contributed by atoms with Gasteiger partial charge in [-0.1, -0.05) is 18.2 Å². The van der Waals surface area contributed by atoms with Crippen molar-refractivity contribution >= 4 is 15.9 Å². The smallest absolute Gasteiger partial charge is 0.334 e. The first-order valence-electron chi connectivity index (χ1n) is 8.77. The van der Waals surface area contributed by atoms with E-state index in [0.717, 1.165) is 31.0 Å². The SMILES string of the molecule is O=C(CNS(=O)(=O)c1cccc(C(F)(F)F)c1)N(Cc1ccc(F)cc1)C1CC1. The number of sulfonamides is 1. The van der Waals surface area contributed by atoms with Gasteiger partial charge >= 0.3 is 6.18 Å². The molecule has 0 aromatic heterocycles. The Hall–Kier alpha value is -2.46. The zero-order chi connectivity index (χ0) is 21.2. The van der Waals surface area contributed by atoms with Gasteiger partial charge in [0.1, 0.15) is 5.82 Å². The minimum atomic E-state index is -4.68. The summed E-state index contributed by atoms with van der Waals surface area (Å²) < 4.78 is 78.2. The van der Waals surface area contributed by atoms with Gasteiger partial charge in [-0.3, -0.25) is 4.79 Å². The number of hydrogen-bond acceptors (Lipinski definition) is 3. The first-order chi connectivity index (χ1) is 13.6. The Balaban J connectivity index is 1.68. The fourth-order valence-corrected chi connectivity index (χ4v) is 3.79. The van der Waals surface area contributed by atoms with Crippen LogP contribution >= 0.6 is 0 Å². The summed E-state index contributed by atoms with van der Waals surface area (Å²) in [6.45, 7) is -0.397. The molecule has 0 aliphatic heterocycles. The third kappa shape index (κ3) is 5.54. The van der Waals surface area contributed by atoms with Gasteiger partial charge in [0.05, 0.1) is 17.0 Å². The number of halogens is 4. The predicted molar refractivity (Wildman–Crippen MR) is 96.6 cm³/mol. The Bertz CT molecular complexity index is 987. The molecule has 1 N–H and O–H groups in total. The molecule has 1 aliphatic carbocycles. The monoisotopic (exact) mass is 430 g/mol. The van der Waals surface area contributed by atoms with Gasteiger partial charge in [0, 0.05) is 12.6 Å². The van der Waals surface area contributed by atoms with Gasteiger partial charge < -0.3 is 4.90 Å². The predicted octanol–water partition coefficient (Wildman–Crippen LogP) is 3.31. The van der Waals surface area contributed by atoms with E-state index >= 15 is 0 Å². The van der Waals surface area contributed by atoms with E-state index in [1.807, 2.05) is 0 Å². The molecular formula is C19H18F4N2O3S. The molecule has 0 heterocycles. The van der Waals surface area contributed by atoms with Crippen molar-refractivity contribution in [2.24, 2.45) is 0 Å². The minimum Gasteiger partial charge on any atom is -0.334 e. The van der Waals surface area contributed by atoms with Crippen LogP contribution in [0.1, 0.15) is 24.0 Å². The number of rotatable bonds is 7. The molecule has 156 valence electrons. The summed E-state index contributed by atoms with van der Waals surface area (Å²) in [5.74, 6) is -0.917. The largest absolute Gasteiger partial charge is 0.416 e. The fraction of sp³-hybridized carbons (Fsp3) is 0.316. The van der Waals surface area contributed by atoms with Crippen LogP contribution in [0.4, 0.5) is 17.6 Å². The molecule has 0 spiro atoms. The van der Waals surface area contributed by atoms with Gasteiger partial charge in [0.2, 0.25) is 15.9 Å². The third-order valence-electron chi connectivity index (χ3n) is 4.46. The molecule has 0 saturated heterocycles. The number of nitrogens with one attached hydrogen (secondary N) is 1. The Morgan fingerprint density at radius 1 is 1.10 bits per heavy atom. The van der Waals surface area contributed by atoms with Gasteiger partial charge in [0.25, 0.3) is 0 Å². The highest BCUT2D eigenvalue weighted by atomic mass is 32.2. The lowest BCUT2D eigenvalue weighted by atomic mass is 10.2. The molecule has 2 aromatic carbocycles. The first kappa shape index (κ1) is 21.3. The number of alkyl halides is 3. The van der Waals surface area contributed by atoms with Crippen LogP contribution in [0.3, 0.4) is 0 Å². The standard InChI is InChI=1S/C19H18F4N2O3S/c20-15-6-4-13(5-7-15)12-25(16-8-9-16)18(26)11-24-29(27,28)17-3-1-2-14(10-17)19(21,22)23/h1-7,10,16,24H,8-9,11-12H2. The lowest BCUT2D eigenvalue weighted by Crippen LogP contribution is -2.41. The van der Waals surface area contributed by atoms with Crippen molar-refractivity contribution in [3.8, 4) is 0 Å². The maximum Gasteiger partial charge on any atom is 0.416 e. The van der Waals surface area contributed by atoms with Crippen LogP contribution < -0.4 is 4.72 Å². The molecule has 0 radical (unpaired) electrons. The molecule has 1 amide bonds. The molecule has 1 saturated carbocycles. The second kappa shape index (κ2) is 8.11. The molecular weight excluding hydrogens is 412 g/mol. The lowest BCUT2D eigenvalue weighted by Gasteiger charge is -2.23. The van der Waals surface area contributed by atoms with Crippen molar-refractivity contribution in [2.75, 3.05) is 6.54 Å². The maximum atomic E-state index is 13.0. The summed E-state index contributed by atoms with van der Waals surface area (Å²) >= 11 is 0. The van der Waals surface area contributed by atoms with Gasteiger partial charge in [-0.2, -0.15) is 13.2 Å². The number of carbonyl (C=O) groups excluding carboxylic acids is 1. The van der Waals surface area contributed by atoms with E-state index in [-0.39, 0.29) is 12.6 Å². The van der Waals surface area contributed by atoms with E-state index in [4.69, 9.17) is 0 Å². The number of amides is 1. The molecule has 0 bridgehead atoms. The van der Waals surface area contributed by atoms with Crippen molar-refractivity contribution in [3.05, 3.63) is 65.5 Å². The Labute approximate surface area is 165 Å². The topological polar surface area (TPSA) is 66.5 Å². The van der Waals surface area contributed by atoms with Crippen LogP contribution in [-0.4, -0.2) is 31.8 Å². The summed E-state index contributed by atoms with van der Waals surface area (Å²) in [5, 5.41) is 0. The summed E-state index contributed by atoms with van der Waals surface area (Å²) in [4.78, 5) is 13.5. The number of carbonyl (C=O) groups is 1. The minimum absolute atomic E-state index is 0.0365. The Morgan fingerprint density at radius 2 is 1.76 bits per heavy atom. The molecule has 3 rings (SSSR count). The van der Waals surface area contributed by atoms with E-state index in [1.54, 1.807) is 0 Å². The van der Waals surface area contributed by atoms with Gasteiger partial charge in [-0.25, -0.2) is 17.5 Å². The summed E-state index contributed by atoms with van der Waals surface area (Å²) in [7, 11) is -4.30. The molecule has 1 fully saturated rings. The first-order valence-corrected chi connectivity index (χ1v) is 10.3. The van der Waals surface area contributed by atoms with Crippen LogP contribution in [0.5, 0.6) is 0 Å². The normalized spacial score (nSPS) is 14.6. The Kier molecular flexibility index (Phi) is 5.95. The summed E-state index contributed by atoms with van der Waals surface area (Å²) in [5.41, 5.74) is -0.407. The summed E-state index contributed by atoms with van der Waals surface area (Å²) in [6, 6.07) is 8.86. The molecule has 29 heavy (non-hydrogen) atoms. The van der Waals surface area contributed by atoms with Crippen molar-refractivity contribution in [1.29, 1.82) is 0 Å². The highest BCUT2D eigenvalue weighted by Crippen LogP contribution is 2.31.